The minimum Gasteiger partial charge on any atom is -0.385 e. The van der Waals surface area contributed by atoms with Crippen LogP contribution in [0, 0.1) is 0 Å². The van der Waals surface area contributed by atoms with E-state index in [0.29, 0.717) is 32.7 Å². The van der Waals surface area contributed by atoms with Gasteiger partial charge < -0.3 is 9.64 Å². The molecule has 0 aliphatic heterocycles. The van der Waals surface area contributed by atoms with E-state index in [4.69, 9.17) is 4.74 Å². The summed E-state index contributed by atoms with van der Waals surface area (Å²) in [6.45, 7) is 6.25. The number of hydrogen-bond acceptors (Lipinski definition) is 4. The largest absolute Gasteiger partial charge is 0.385 e. The monoisotopic (exact) mass is 294 g/mol. The van der Waals surface area contributed by atoms with Crippen LogP contribution >= 0.6 is 0 Å². The Morgan fingerprint density at radius 2 is 1.74 bits per heavy atom. The first-order chi connectivity index (χ1) is 8.86. The molecule has 0 N–H and O–H groups in total. The molecule has 0 aromatic heterocycles. The summed E-state index contributed by atoms with van der Waals surface area (Å²) in [6.07, 6.45) is 2.02. The van der Waals surface area contributed by atoms with Gasteiger partial charge in [0.25, 0.3) is 0 Å². The fourth-order valence-electron chi connectivity index (χ4n) is 1.78. The number of nitrogens with zero attached hydrogens (tertiary/aromatic N) is 2. The van der Waals surface area contributed by atoms with Crippen molar-refractivity contribution in [3.05, 3.63) is 0 Å². The molecule has 0 rings (SSSR count). The van der Waals surface area contributed by atoms with Gasteiger partial charge in [-0.2, -0.15) is 0 Å². The Balaban J connectivity index is 4.38. The second-order valence-electron chi connectivity index (χ2n) is 4.32. The van der Waals surface area contributed by atoms with Crippen molar-refractivity contribution in [3.8, 4) is 0 Å². The number of rotatable bonds is 10. The molecule has 0 heterocycles. The maximum Gasteiger partial charge on any atom is 0.223 e. The lowest BCUT2D eigenvalue weighted by Gasteiger charge is -2.22. The van der Waals surface area contributed by atoms with E-state index in [2.05, 4.69) is 0 Å². The van der Waals surface area contributed by atoms with Gasteiger partial charge >= 0.3 is 0 Å². The van der Waals surface area contributed by atoms with Crippen LogP contribution in [0.5, 0.6) is 0 Å². The molecule has 0 unspecified atom stereocenters. The summed E-state index contributed by atoms with van der Waals surface area (Å²) in [7, 11) is -1.70. The van der Waals surface area contributed by atoms with Crippen molar-refractivity contribution in [3.63, 3.8) is 0 Å². The Morgan fingerprint density at radius 1 is 1.16 bits per heavy atom. The molecule has 0 aliphatic rings. The zero-order valence-electron chi connectivity index (χ0n) is 12.4. The average molecular weight is 294 g/mol. The molecule has 0 fully saturated rings. The molecule has 114 valence electrons. The molecule has 19 heavy (non-hydrogen) atoms. The normalized spacial score (nSPS) is 11.8. The first-order valence-corrected chi connectivity index (χ1v) is 8.43. The van der Waals surface area contributed by atoms with Crippen LogP contribution in [0.25, 0.3) is 0 Å². The van der Waals surface area contributed by atoms with Crippen LogP contribution in [-0.4, -0.2) is 69.7 Å². The number of methoxy groups -OCH3 is 1. The van der Waals surface area contributed by atoms with E-state index < -0.39 is 10.0 Å². The molecule has 0 aromatic carbocycles. The average Bonchev–Trinajstić information content (AvgIpc) is 2.33. The molecular weight excluding hydrogens is 268 g/mol. The lowest BCUT2D eigenvalue weighted by Crippen LogP contribution is -2.37. The number of hydrogen-bond donors (Lipinski definition) is 0. The zero-order valence-corrected chi connectivity index (χ0v) is 13.2. The first-order valence-electron chi connectivity index (χ1n) is 6.58. The molecule has 0 radical (unpaired) electrons. The first kappa shape index (κ1) is 18.3. The number of carbonyl (C=O) groups excluding carboxylic acids is 1. The van der Waals surface area contributed by atoms with E-state index in [1.165, 1.54) is 10.6 Å². The maximum atomic E-state index is 11.8. The van der Waals surface area contributed by atoms with Crippen LogP contribution in [0.4, 0.5) is 0 Å². The van der Waals surface area contributed by atoms with Crippen LogP contribution in [0.15, 0.2) is 0 Å². The van der Waals surface area contributed by atoms with Crippen LogP contribution in [0.3, 0.4) is 0 Å². The standard InChI is InChI=1S/C12H26N2O4S/c1-5-13(6-2)12(15)8-10-14(19(4,16)17)9-7-11-18-3/h5-11H2,1-4H3. The molecule has 0 aromatic rings. The minimum atomic E-state index is -3.27. The maximum absolute atomic E-state index is 11.8. The van der Waals surface area contributed by atoms with Crippen molar-refractivity contribution in [2.75, 3.05) is 46.2 Å². The second-order valence-corrected chi connectivity index (χ2v) is 6.31. The molecule has 0 atom stereocenters. The third-order valence-corrected chi connectivity index (χ3v) is 4.22. The Bertz CT molecular complexity index is 353. The van der Waals surface area contributed by atoms with Gasteiger partial charge in [0, 0.05) is 46.3 Å². The summed E-state index contributed by atoms with van der Waals surface area (Å²) >= 11 is 0. The van der Waals surface area contributed by atoms with E-state index in [9.17, 15) is 13.2 Å². The van der Waals surface area contributed by atoms with Crippen LogP contribution in [0.1, 0.15) is 26.7 Å². The Hall–Kier alpha value is -0.660. The van der Waals surface area contributed by atoms with Crippen LogP contribution < -0.4 is 0 Å². The quantitative estimate of drug-likeness (QED) is 0.552. The highest BCUT2D eigenvalue weighted by Gasteiger charge is 2.18. The van der Waals surface area contributed by atoms with Gasteiger partial charge in [0.1, 0.15) is 0 Å². The van der Waals surface area contributed by atoms with Crippen molar-refractivity contribution < 1.29 is 17.9 Å². The Morgan fingerprint density at radius 3 is 2.16 bits per heavy atom. The smallest absolute Gasteiger partial charge is 0.223 e. The van der Waals surface area contributed by atoms with Gasteiger partial charge in [-0.05, 0) is 20.3 Å². The molecule has 6 nitrogen and oxygen atoms in total. The summed E-state index contributed by atoms with van der Waals surface area (Å²) < 4.78 is 29.5. The Kier molecular flexibility index (Phi) is 8.95. The molecule has 0 spiro atoms. The molecule has 0 saturated heterocycles. The van der Waals surface area contributed by atoms with Crippen molar-refractivity contribution in [2.45, 2.75) is 26.7 Å². The third kappa shape index (κ3) is 7.49. The van der Waals surface area contributed by atoms with Gasteiger partial charge in [0.15, 0.2) is 0 Å². The highest BCUT2D eigenvalue weighted by atomic mass is 32.2. The lowest BCUT2D eigenvalue weighted by molar-refractivity contribution is -0.130. The van der Waals surface area contributed by atoms with Crippen molar-refractivity contribution >= 4 is 15.9 Å². The van der Waals surface area contributed by atoms with Gasteiger partial charge in [0.05, 0.1) is 6.26 Å². The van der Waals surface area contributed by atoms with Crippen molar-refractivity contribution in [1.82, 2.24) is 9.21 Å². The van der Waals surface area contributed by atoms with Gasteiger partial charge in [-0.3, -0.25) is 4.79 Å². The molecular formula is C12H26N2O4S. The molecule has 7 heteroatoms. The molecule has 1 amide bonds. The fourth-order valence-corrected chi connectivity index (χ4v) is 2.67. The summed E-state index contributed by atoms with van der Waals surface area (Å²) in [5.74, 6) is -0.00890. The van der Waals surface area contributed by atoms with Gasteiger partial charge in [-0.25, -0.2) is 12.7 Å². The molecule has 0 aliphatic carbocycles. The predicted molar refractivity (Wildman–Crippen MR) is 75.5 cm³/mol. The van der Waals surface area contributed by atoms with E-state index >= 15 is 0 Å². The number of ether oxygens (including phenoxy) is 1. The van der Waals surface area contributed by atoms with Crippen molar-refractivity contribution in [2.24, 2.45) is 0 Å². The topological polar surface area (TPSA) is 66.9 Å². The van der Waals surface area contributed by atoms with Gasteiger partial charge in [0.2, 0.25) is 15.9 Å². The number of amides is 1. The number of sulfonamides is 1. The van der Waals surface area contributed by atoms with Crippen LogP contribution in [0.2, 0.25) is 0 Å². The lowest BCUT2D eigenvalue weighted by atomic mass is 10.3. The highest BCUT2D eigenvalue weighted by molar-refractivity contribution is 7.88. The van der Waals surface area contributed by atoms with E-state index in [0.717, 1.165) is 0 Å². The van der Waals surface area contributed by atoms with E-state index in [1.54, 1.807) is 12.0 Å². The summed E-state index contributed by atoms with van der Waals surface area (Å²) in [5, 5.41) is 0. The summed E-state index contributed by atoms with van der Waals surface area (Å²) in [6, 6.07) is 0. The zero-order chi connectivity index (χ0) is 14.9. The predicted octanol–water partition coefficient (Wildman–Crippen LogP) is 0.543. The van der Waals surface area contributed by atoms with Crippen LogP contribution in [-0.2, 0) is 19.6 Å². The third-order valence-electron chi connectivity index (χ3n) is 2.92. The van der Waals surface area contributed by atoms with E-state index in [-0.39, 0.29) is 18.9 Å². The SMILES string of the molecule is CCN(CC)C(=O)CCN(CCCOC)S(C)(=O)=O. The fraction of sp³-hybridized carbons (Fsp3) is 0.917. The Labute approximate surface area is 116 Å². The highest BCUT2D eigenvalue weighted by Crippen LogP contribution is 2.04. The molecule has 0 bridgehead atoms. The van der Waals surface area contributed by atoms with Gasteiger partial charge in [-0.15, -0.1) is 0 Å². The molecule has 0 saturated carbocycles. The van der Waals surface area contributed by atoms with E-state index in [1.807, 2.05) is 13.8 Å². The summed E-state index contributed by atoms with van der Waals surface area (Å²) in [5.41, 5.74) is 0. The van der Waals surface area contributed by atoms with Crippen molar-refractivity contribution in [1.29, 1.82) is 0 Å². The minimum absolute atomic E-state index is 0.00890. The summed E-state index contributed by atoms with van der Waals surface area (Å²) in [4.78, 5) is 13.6. The number of carbonyl (C=O) groups is 1. The van der Waals surface area contributed by atoms with Gasteiger partial charge in [-0.1, -0.05) is 0 Å². The second kappa shape index (κ2) is 9.28.